The molecular formula is C20H23FN4O7S. The third-order valence-electron chi connectivity index (χ3n) is 4.78. The number of nitrogens with zero attached hydrogens (tertiary/aromatic N) is 3. The lowest BCUT2D eigenvalue weighted by Gasteiger charge is -2.38. The molecule has 1 aliphatic heterocycles. The van der Waals surface area contributed by atoms with Crippen LogP contribution in [0.1, 0.15) is 0 Å². The lowest BCUT2D eigenvalue weighted by Crippen LogP contribution is -2.60. The zero-order valence-corrected chi connectivity index (χ0v) is 18.5. The number of carbonyl (C=O) groups is 2. The van der Waals surface area contributed by atoms with Gasteiger partial charge in [-0.1, -0.05) is 0 Å². The van der Waals surface area contributed by atoms with Crippen LogP contribution in [0.15, 0.2) is 47.5 Å². The summed E-state index contributed by atoms with van der Waals surface area (Å²) in [6, 6.07) is 6.55. The van der Waals surface area contributed by atoms with Gasteiger partial charge in [-0.2, -0.15) is 4.31 Å². The molecule has 1 aromatic carbocycles. The molecule has 2 amide bonds. The van der Waals surface area contributed by atoms with E-state index < -0.39 is 33.9 Å². The Morgan fingerprint density at radius 1 is 1.15 bits per heavy atom. The average molecular weight is 482 g/mol. The molecule has 2 heterocycles. The first-order valence-electron chi connectivity index (χ1n) is 9.83. The molecule has 3 rings (SSSR count). The summed E-state index contributed by atoms with van der Waals surface area (Å²) in [5, 5.41) is 0. The zero-order valence-electron chi connectivity index (χ0n) is 17.7. The van der Waals surface area contributed by atoms with Crippen molar-refractivity contribution >= 4 is 22.0 Å². The maximum atomic E-state index is 13.1. The van der Waals surface area contributed by atoms with Crippen molar-refractivity contribution in [3.05, 3.63) is 48.4 Å². The number of methoxy groups -OCH3 is 1. The van der Waals surface area contributed by atoms with Gasteiger partial charge in [0.2, 0.25) is 21.8 Å². The molecule has 11 nitrogen and oxygen atoms in total. The second-order valence-electron chi connectivity index (χ2n) is 6.98. The molecule has 1 saturated heterocycles. The lowest BCUT2D eigenvalue weighted by atomic mass is 10.2. The van der Waals surface area contributed by atoms with Crippen LogP contribution in [0, 0.1) is 5.82 Å². The van der Waals surface area contributed by atoms with Gasteiger partial charge in [-0.3, -0.25) is 4.79 Å². The van der Waals surface area contributed by atoms with Gasteiger partial charge in [0, 0.05) is 32.8 Å². The number of halogens is 1. The maximum absolute atomic E-state index is 13.1. The molecule has 1 atom stereocenters. The quantitative estimate of drug-likeness (QED) is 0.549. The SMILES string of the molecule is COCCOC(=O)N1CCN(S(=O)(=O)c2ccc(Oc3ccc(F)cc3)nc2)[C@@H](C(N)=O)C1. The van der Waals surface area contributed by atoms with Gasteiger partial charge in [0.1, 0.15) is 29.1 Å². The summed E-state index contributed by atoms with van der Waals surface area (Å²) in [6.45, 7) is -0.184. The van der Waals surface area contributed by atoms with E-state index in [2.05, 4.69) is 4.98 Å². The van der Waals surface area contributed by atoms with Crippen molar-refractivity contribution in [2.24, 2.45) is 5.73 Å². The topological polar surface area (TPSA) is 141 Å². The fraction of sp³-hybridized carbons (Fsp3) is 0.350. The Labute approximate surface area is 189 Å². The van der Waals surface area contributed by atoms with Gasteiger partial charge in [-0.15, -0.1) is 0 Å². The molecule has 2 N–H and O–H groups in total. The number of nitrogens with two attached hydrogens (primary N) is 1. The van der Waals surface area contributed by atoms with Crippen LogP contribution in [0.25, 0.3) is 0 Å². The second kappa shape index (κ2) is 10.6. The van der Waals surface area contributed by atoms with E-state index in [1.54, 1.807) is 0 Å². The highest BCUT2D eigenvalue weighted by Crippen LogP contribution is 2.24. The van der Waals surface area contributed by atoms with Crippen molar-refractivity contribution in [3.63, 3.8) is 0 Å². The molecular weight excluding hydrogens is 459 g/mol. The van der Waals surface area contributed by atoms with Crippen LogP contribution in [0.3, 0.4) is 0 Å². The molecule has 1 aliphatic rings. The van der Waals surface area contributed by atoms with E-state index in [4.69, 9.17) is 19.9 Å². The monoisotopic (exact) mass is 482 g/mol. The van der Waals surface area contributed by atoms with Gasteiger partial charge >= 0.3 is 6.09 Å². The van der Waals surface area contributed by atoms with E-state index in [0.717, 1.165) is 10.5 Å². The van der Waals surface area contributed by atoms with Crippen molar-refractivity contribution in [2.45, 2.75) is 10.9 Å². The summed E-state index contributed by atoms with van der Waals surface area (Å²) < 4.78 is 55.5. The second-order valence-corrected chi connectivity index (χ2v) is 8.87. The number of amides is 2. The molecule has 1 aromatic heterocycles. The van der Waals surface area contributed by atoms with Crippen molar-refractivity contribution in [1.82, 2.24) is 14.2 Å². The van der Waals surface area contributed by atoms with E-state index >= 15 is 0 Å². The molecule has 0 spiro atoms. The van der Waals surface area contributed by atoms with Crippen LogP contribution < -0.4 is 10.5 Å². The zero-order chi connectivity index (χ0) is 24.0. The number of hydrogen-bond donors (Lipinski definition) is 1. The Balaban J connectivity index is 1.72. The lowest BCUT2D eigenvalue weighted by molar-refractivity contribution is -0.123. The minimum absolute atomic E-state index is 0.00795. The minimum atomic E-state index is -4.16. The van der Waals surface area contributed by atoms with Crippen LogP contribution in [0.4, 0.5) is 9.18 Å². The Bertz CT molecular complexity index is 1080. The Hall–Kier alpha value is -3.29. The summed E-state index contributed by atoms with van der Waals surface area (Å²) in [6.07, 6.45) is 0.386. The largest absolute Gasteiger partial charge is 0.447 e. The predicted molar refractivity (Wildman–Crippen MR) is 112 cm³/mol. The molecule has 178 valence electrons. The highest BCUT2D eigenvalue weighted by Gasteiger charge is 2.41. The number of sulfonamides is 1. The third-order valence-corrected chi connectivity index (χ3v) is 6.67. The van der Waals surface area contributed by atoms with Gasteiger partial charge in [-0.05, 0) is 30.3 Å². The number of pyridine rings is 1. The number of benzene rings is 1. The van der Waals surface area contributed by atoms with Crippen LogP contribution >= 0.6 is 0 Å². The Kier molecular flexibility index (Phi) is 7.79. The summed E-state index contributed by atoms with van der Waals surface area (Å²) in [7, 11) is -2.70. The minimum Gasteiger partial charge on any atom is -0.447 e. The maximum Gasteiger partial charge on any atom is 0.409 e. The van der Waals surface area contributed by atoms with E-state index in [0.29, 0.717) is 5.75 Å². The number of aromatic nitrogens is 1. The van der Waals surface area contributed by atoms with Gasteiger partial charge in [0.05, 0.1) is 12.8 Å². The van der Waals surface area contributed by atoms with Crippen molar-refractivity contribution in [3.8, 4) is 11.6 Å². The predicted octanol–water partition coefficient (Wildman–Crippen LogP) is 0.956. The highest BCUT2D eigenvalue weighted by molar-refractivity contribution is 7.89. The fourth-order valence-electron chi connectivity index (χ4n) is 3.09. The molecule has 0 saturated carbocycles. The van der Waals surface area contributed by atoms with Crippen molar-refractivity contribution < 1.29 is 36.6 Å². The number of piperazine rings is 1. The van der Waals surface area contributed by atoms with E-state index in [9.17, 15) is 22.4 Å². The molecule has 0 radical (unpaired) electrons. The van der Waals surface area contributed by atoms with Gasteiger partial charge in [0.15, 0.2) is 0 Å². The Morgan fingerprint density at radius 2 is 1.88 bits per heavy atom. The summed E-state index contributed by atoms with van der Waals surface area (Å²) in [5.41, 5.74) is 5.43. The number of ether oxygens (including phenoxy) is 3. The van der Waals surface area contributed by atoms with E-state index in [1.807, 2.05) is 0 Å². The van der Waals surface area contributed by atoms with Crippen molar-refractivity contribution in [1.29, 1.82) is 0 Å². The van der Waals surface area contributed by atoms with Gasteiger partial charge < -0.3 is 24.8 Å². The normalized spacial score (nSPS) is 16.9. The number of carbonyl (C=O) groups excluding carboxylic acids is 2. The standard InChI is InChI=1S/C20H23FN4O7S/c1-30-10-11-31-20(27)24-8-9-25(17(13-24)19(22)26)33(28,29)16-6-7-18(23-12-16)32-15-4-2-14(21)3-5-15/h2-7,12,17H,8-11,13H2,1H3,(H2,22,26)/t17-/m1/s1. The van der Waals surface area contributed by atoms with Gasteiger partial charge in [-0.25, -0.2) is 22.6 Å². The Morgan fingerprint density at radius 3 is 2.48 bits per heavy atom. The fourth-order valence-corrected chi connectivity index (χ4v) is 4.62. The smallest absolute Gasteiger partial charge is 0.409 e. The first-order valence-corrected chi connectivity index (χ1v) is 11.3. The molecule has 0 unspecified atom stereocenters. The van der Waals surface area contributed by atoms with Crippen LogP contribution in [-0.4, -0.2) is 80.6 Å². The van der Waals surface area contributed by atoms with Crippen LogP contribution in [0.5, 0.6) is 11.6 Å². The highest BCUT2D eigenvalue weighted by atomic mass is 32.2. The molecule has 0 aliphatic carbocycles. The molecule has 33 heavy (non-hydrogen) atoms. The number of rotatable bonds is 8. The van der Waals surface area contributed by atoms with E-state index in [1.165, 1.54) is 48.4 Å². The molecule has 1 fully saturated rings. The van der Waals surface area contributed by atoms with Crippen LogP contribution in [-0.2, 0) is 24.3 Å². The van der Waals surface area contributed by atoms with Gasteiger partial charge in [0.25, 0.3) is 0 Å². The van der Waals surface area contributed by atoms with Crippen molar-refractivity contribution in [2.75, 3.05) is 40.0 Å². The average Bonchev–Trinajstić information content (AvgIpc) is 2.80. The summed E-state index contributed by atoms with van der Waals surface area (Å²) >= 11 is 0. The first kappa shape index (κ1) is 24.4. The molecule has 0 bridgehead atoms. The van der Waals surface area contributed by atoms with Crippen LogP contribution in [0.2, 0.25) is 0 Å². The molecule has 2 aromatic rings. The third kappa shape index (κ3) is 5.94. The molecule has 13 heteroatoms. The summed E-state index contributed by atoms with van der Waals surface area (Å²) in [5.74, 6) is -0.918. The number of hydrogen-bond acceptors (Lipinski definition) is 8. The number of primary amides is 1. The first-order chi connectivity index (χ1) is 15.7. The van der Waals surface area contributed by atoms with E-state index in [-0.39, 0.29) is 43.6 Å². The summed E-state index contributed by atoms with van der Waals surface area (Å²) in [4.78, 5) is 29.2.